The van der Waals surface area contributed by atoms with Crippen LogP contribution in [0, 0.1) is 5.82 Å². The molecule has 2 aromatic rings. The van der Waals surface area contributed by atoms with E-state index in [0.29, 0.717) is 4.57 Å². The Labute approximate surface area is 98.5 Å². The summed E-state index contributed by atoms with van der Waals surface area (Å²) in [6, 6.07) is 0. The second kappa shape index (κ2) is 4.13. The van der Waals surface area contributed by atoms with Crippen molar-refractivity contribution in [1.29, 1.82) is 0 Å². The van der Waals surface area contributed by atoms with Crippen molar-refractivity contribution in [3.8, 4) is 0 Å². The van der Waals surface area contributed by atoms with Gasteiger partial charge in [0.1, 0.15) is 6.33 Å². The van der Waals surface area contributed by atoms with Gasteiger partial charge in [0.25, 0.3) is 5.56 Å². The Morgan fingerprint density at radius 3 is 2.82 bits per heavy atom. The lowest BCUT2D eigenvalue weighted by Crippen LogP contribution is -2.37. The molecule has 1 N–H and O–H groups in total. The van der Waals surface area contributed by atoms with Gasteiger partial charge >= 0.3 is 5.69 Å². The first-order chi connectivity index (χ1) is 7.99. The molecule has 7 nitrogen and oxygen atoms in total. The van der Waals surface area contributed by atoms with Crippen LogP contribution in [0.1, 0.15) is 5.82 Å². The quantitative estimate of drug-likeness (QED) is 0.737. The molecule has 0 radical (unpaired) electrons. The Morgan fingerprint density at radius 1 is 1.53 bits per heavy atom. The molecule has 0 aliphatic carbocycles. The van der Waals surface area contributed by atoms with E-state index in [1.54, 1.807) is 7.05 Å². The van der Waals surface area contributed by atoms with Crippen molar-refractivity contribution < 1.29 is 4.39 Å². The van der Waals surface area contributed by atoms with E-state index in [1.807, 2.05) is 4.98 Å². The largest absolute Gasteiger partial charge is 0.330 e. The van der Waals surface area contributed by atoms with Crippen molar-refractivity contribution >= 4 is 11.6 Å². The van der Waals surface area contributed by atoms with Crippen molar-refractivity contribution in [3.63, 3.8) is 0 Å². The minimum Gasteiger partial charge on any atom is -0.295 e. The minimum absolute atomic E-state index is 0.219. The first-order valence-corrected chi connectivity index (χ1v) is 4.89. The van der Waals surface area contributed by atoms with E-state index in [2.05, 4.69) is 10.1 Å². The molecule has 0 fully saturated rings. The molecule has 0 unspecified atom stereocenters. The molecule has 0 aliphatic heterocycles. The monoisotopic (exact) mass is 259 g/mol. The standard InChI is InChI=1S/C8H7ClFN5O2/c1-14-3-11-4(13-14)2-15-7(16)5(10)6(9)12-8(15)17/h3H,2H2,1H3,(H,12,17). The fraction of sp³-hybridized carbons (Fsp3) is 0.250. The smallest absolute Gasteiger partial charge is 0.295 e. The summed E-state index contributed by atoms with van der Waals surface area (Å²) in [5.74, 6) is -0.982. The van der Waals surface area contributed by atoms with Crippen LogP contribution < -0.4 is 11.2 Å². The van der Waals surface area contributed by atoms with E-state index in [1.165, 1.54) is 11.0 Å². The summed E-state index contributed by atoms with van der Waals surface area (Å²) in [6.45, 7) is -0.219. The molecule has 0 bridgehead atoms. The van der Waals surface area contributed by atoms with Gasteiger partial charge in [0, 0.05) is 7.05 Å². The molecule has 0 amide bonds. The summed E-state index contributed by atoms with van der Waals surface area (Å²) in [4.78, 5) is 28.7. The van der Waals surface area contributed by atoms with Crippen LogP contribution in [0.3, 0.4) is 0 Å². The van der Waals surface area contributed by atoms with Crippen LogP contribution in [-0.2, 0) is 13.6 Å². The normalized spacial score (nSPS) is 10.8. The topological polar surface area (TPSA) is 85.6 Å². The number of hydrogen-bond acceptors (Lipinski definition) is 4. The van der Waals surface area contributed by atoms with Gasteiger partial charge in [-0.05, 0) is 0 Å². The lowest BCUT2D eigenvalue weighted by molar-refractivity contribution is 0.551. The van der Waals surface area contributed by atoms with Gasteiger partial charge in [-0.1, -0.05) is 11.6 Å². The van der Waals surface area contributed by atoms with Crippen LogP contribution in [0.2, 0.25) is 5.15 Å². The molecule has 0 saturated carbocycles. The van der Waals surface area contributed by atoms with Crippen molar-refractivity contribution in [2.24, 2.45) is 7.05 Å². The maximum Gasteiger partial charge on any atom is 0.330 e. The number of hydrogen-bond donors (Lipinski definition) is 1. The highest BCUT2D eigenvalue weighted by Gasteiger charge is 2.13. The Balaban J connectivity index is 2.50. The first-order valence-electron chi connectivity index (χ1n) is 4.51. The first kappa shape index (κ1) is 11.5. The molecule has 0 aliphatic rings. The van der Waals surface area contributed by atoms with Crippen molar-refractivity contribution in [3.05, 3.63) is 44.0 Å². The predicted molar refractivity (Wildman–Crippen MR) is 56.4 cm³/mol. The molecule has 2 rings (SSSR count). The van der Waals surface area contributed by atoms with Gasteiger partial charge in [-0.2, -0.15) is 9.49 Å². The van der Waals surface area contributed by atoms with E-state index >= 15 is 0 Å². The predicted octanol–water partition coefficient (Wildman–Crippen LogP) is -0.494. The summed E-state index contributed by atoms with van der Waals surface area (Å²) in [5, 5.41) is 3.27. The highest BCUT2D eigenvalue weighted by molar-refractivity contribution is 6.29. The molecule has 0 saturated heterocycles. The third-order valence-corrected chi connectivity index (χ3v) is 2.29. The molecular weight excluding hydrogens is 253 g/mol. The van der Waals surface area contributed by atoms with E-state index < -0.39 is 22.2 Å². The zero-order valence-corrected chi connectivity index (χ0v) is 9.40. The van der Waals surface area contributed by atoms with Crippen LogP contribution in [0.4, 0.5) is 4.39 Å². The number of aryl methyl sites for hydroxylation is 1. The molecule has 0 aromatic carbocycles. The third kappa shape index (κ3) is 2.11. The molecule has 0 atom stereocenters. The second-order valence-electron chi connectivity index (χ2n) is 3.28. The van der Waals surface area contributed by atoms with E-state index in [4.69, 9.17) is 11.6 Å². The Kier molecular flexibility index (Phi) is 2.80. The Morgan fingerprint density at radius 2 is 2.24 bits per heavy atom. The molecule has 2 heterocycles. The number of aromatic amines is 1. The third-order valence-electron chi connectivity index (χ3n) is 2.03. The summed E-state index contributed by atoms with van der Waals surface area (Å²) in [7, 11) is 1.63. The fourth-order valence-electron chi connectivity index (χ4n) is 1.26. The maximum absolute atomic E-state index is 13.2. The molecule has 17 heavy (non-hydrogen) atoms. The summed E-state index contributed by atoms with van der Waals surface area (Å²) in [6.07, 6.45) is 1.40. The average molecular weight is 260 g/mol. The second-order valence-corrected chi connectivity index (χ2v) is 3.66. The van der Waals surface area contributed by atoms with Gasteiger partial charge in [-0.15, -0.1) is 0 Å². The summed E-state index contributed by atoms with van der Waals surface area (Å²) >= 11 is 5.32. The van der Waals surface area contributed by atoms with E-state index in [0.717, 1.165) is 0 Å². The van der Waals surface area contributed by atoms with Gasteiger partial charge in [0.2, 0.25) is 5.82 Å². The molecule has 90 valence electrons. The number of rotatable bonds is 2. The van der Waals surface area contributed by atoms with E-state index in [9.17, 15) is 14.0 Å². The van der Waals surface area contributed by atoms with Gasteiger partial charge in [0.05, 0.1) is 6.54 Å². The van der Waals surface area contributed by atoms with Crippen LogP contribution in [0.25, 0.3) is 0 Å². The number of halogens is 2. The Bertz CT molecular complexity index is 673. The van der Waals surface area contributed by atoms with Crippen LogP contribution >= 0.6 is 11.6 Å². The van der Waals surface area contributed by atoms with E-state index in [-0.39, 0.29) is 12.4 Å². The molecule has 9 heteroatoms. The molecule has 2 aromatic heterocycles. The maximum atomic E-state index is 13.2. The fourth-order valence-corrected chi connectivity index (χ4v) is 1.42. The lowest BCUT2D eigenvalue weighted by Gasteiger charge is -2.01. The average Bonchev–Trinajstić information content (AvgIpc) is 2.67. The summed E-state index contributed by atoms with van der Waals surface area (Å²) in [5.41, 5.74) is -1.92. The van der Waals surface area contributed by atoms with Gasteiger partial charge < -0.3 is 0 Å². The van der Waals surface area contributed by atoms with Crippen molar-refractivity contribution in [2.75, 3.05) is 0 Å². The number of aromatic nitrogens is 5. The number of H-pyrrole nitrogens is 1. The van der Waals surface area contributed by atoms with Crippen LogP contribution in [-0.4, -0.2) is 24.3 Å². The zero-order valence-electron chi connectivity index (χ0n) is 8.65. The van der Waals surface area contributed by atoms with Crippen LogP contribution in [0.15, 0.2) is 15.9 Å². The number of nitrogens with zero attached hydrogens (tertiary/aromatic N) is 4. The van der Waals surface area contributed by atoms with Crippen molar-refractivity contribution in [2.45, 2.75) is 6.54 Å². The molecule has 0 spiro atoms. The minimum atomic E-state index is -1.21. The number of nitrogens with one attached hydrogen (secondary N) is 1. The molecular formula is C8H7ClFN5O2. The van der Waals surface area contributed by atoms with Crippen molar-refractivity contribution in [1.82, 2.24) is 24.3 Å². The van der Waals surface area contributed by atoms with Gasteiger partial charge in [0.15, 0.2) is 11.0 Å². The Hall–Kier alpha value is -1.96. The SMILES string of the molecule is Cn1cnc(Cn2c(=O)[nH]c(Cl)c(F)c2=O)n1. The van der Waals surface area contributed by atoms with Gasteiger partial charge in [-0.3, -0.25) is 19.0 Å². The van der Waals surface area contributed by atoms with Crippen LogP contribution in [0.5, 0.6) is 0 Å². The zero-order chi connectivity index (χ0) is 12.6. The lowest BCUT2D eigenvalue weighted by atomic mass is 10.5. The highest BCUT2D eigenvalue weighted by atomic mass is 35.5. The summed E-state index contributed by atoms with van der Waals surface area (Å²) < 4.78 is 15.2. The highest BCUT2D eigenvalue weighted by Crippen LogP contribution is 2.02. The van der Waals surface area contributed by atoms with Gasteiger partial charge in [-0.25, -0.2) is 9.78 Å².